The number of nitrogens with one attached hydrogen (secondary N) is 2. The van der Waals surface area contributed by atoms with E-state index in [1.54, 1.807) is 0 Å². The number of aromatic nitrogens is 2. The van der Waals surface area contributed by atoms with Crippen molar-refractivity contribution in [3.63, 3.8) is 0 Å². The van der Waals surface area contributed by atoms with Crippen LogP contribution in [-0.4, -0.2) is 47.2 Å². The molecule has 2 N–H and O–H groups in total. The van der Waals surface area contributed by atoms with E-state index in [1.807, 2.05) is 0 Å². The van der Waals surface area contributed by atoms with Crippen LogP contribution in [0.2, 0.25) is 0 Å². The van der Waals surface area contributed by atoms with Crippen LogP contribution in [0.15, 0.2) is 12.4 Å². The van der Waals surface area contributed by atoms with E-state index < -0.39 is 4.92 Å². The van der Waals surface area contributed by atoms with E-state index in [-0.39, 0.29) is 11.8 Å². The monoisotopic (exact) mass is 239 g/mol. The molecule has 1 atom stereocenters. The van der Waals surface area contributed by atoms with Gasteiger partial charge >= 0.3 is 5.69 Å². The zero-order valence-corrected chi connectivity index (χ0v) is 9.13. The molecule has 1 aliphatic rings. The van der Waals surface area contributed by atoms with Crippen molar-refractivity contribution < 1.29 is 9.66 Å². The van der Waals surface area contributed by atoms with E-state index in [0.717, 1.165) is 13.1 Å². The second-order valence-electron chi connectivity index (χ2n) is 3.60. The Labute approximate surface area is 97.6 Å². The van der Waals surface area contributed by atoms with E-state index in [1.165, 1.54) is 12.4 Å². The highest BCUT2D eigenvalue weighted by Crippen LogP contribution is 2.08. The lowest BCUT2D eigenvalue weighted by atomic mass is 10.3. The Balaban J connectivity index is 1.84. The first-order valence-corrected chi connectivity index (χ1v) is 5.28. The summed E-state index contributed by atoms with van der Waals surface area (Å²) in [5.74, 6) is 0.366. The molecule has 8 nitrogen and oxygen atoms in total. The quantitative estimate of drug-likeness (QED) is 0.553. The summed E-state index contributed by atoms with van der Waals surface area (Å²) in [5, 5.41) is 16.6. The maximum Gasteiger partial charge on any atom is 0.305 e. The van der Waals surface area contributed by atoms with E-state index >= 15 is 0 Å². The number of hydrogen-bond acceptors (Lipinski definition) is 7. The SMILES string of the molecule is O=[N+]([O-])c1cnc(NCC2CNCCO2)nc1. The predicted octanol–water partition coefficient (Wildman–Crippen LogP) is -0.215. The number of hydrogen-bond donors (Lipinski definition) is 2. The first-order chi connectivity index (χ1) is 8.25. The Morgan fingerprint density at radius 3 is 2.94 bits per heavy atom. The second kappa shape index (κ2) is 5.51. The van der Waals surface area contributed by atoms with Crippen molar-refractivity contribution in [1.82, 2.24) is 15.3 Å². The summed E-state index contributed by atoms with van der Waals surface area (Å²) in [6.07, 6.45) is 2.42. The fourth-order valence-corrected chi connectivity index (χ4v) is 1.46. The van der Waals surface area contributed by atoms with Crippen molar-refractivity contribution in [3.05, 3.63) is 22.5 Å². The molecule has 0 aromatic carbocycles. The number of nitrogens with zero attached hydrogens (tertiary/aromatic N) is 3. The van der Waals surface area contributed by atoms with E-state index in [9.17, 15) is 10.1 Å². The average Bonchev–Trinajstić information content (AvgIpc) is 2.38. The molecular weight excluding hydrogens is 226 g/mol. The third-order valence-corrected chi connectivity index (χ3v) is 2.34. The number of anilines is 1. The zero-order valence-electron chi connectivity index (χ0n) is 9.13. The molecule has 2 rings (SSSR count). The molecule has 0 bridgehead atoms. The number of morpholine rings is 1. The number of ether oxygens (including phenoxy) is 1. The number of rotatable bonds is 4. The van der Waals surface area contributed by atoms with Gasteiger partial charge in [0.1, 0.15) is 12.4 Å². The molecular formula is C9H13N5O3. The van der Waals surface area contributed by atoms with Gasteiger partial charge in [-0.15, -0.1) is 0 Å². The molecule has 0 spiro atoms. The third-order valence-electron chi connectivity index (χ3n) is 2.34. The van der Waals surface area contributed by atoms with Crippen LogP contribution in [-0.2, 0) is 4.74 Å². The van der Waals surface area contributed by atoms with Gasteiger partial charge in [0.15, 0.2) is 0 Å². The van der Waals surface area contributed by atoms with Crippen molar-refractivity contribution >= 4 is 11.6 Å². The van der Waals surface area contributed by atoms with Gasteiger partial charge in [0.25, 0.3) is 0 Å². The van der Waals surface area contributed by atoms with Crippen LogP contribution in [0.4, 0.5) is 11.6 Å². The highest BCUT2D eigenvalue weighted by Gasteiger charge is 2.13. The lowest BCUT2D eigenvalue weighted by Crippen LogP contribution is -2.42. The maximum atomic E-state index is 10.4. The molecule has 1 fully saturated rings. The number of nitro groups is 1. The van der Waals surface area contributed by atoms with Crippen LogP contribution in [0.5, 0.6) is 0 Å². The molecule has 1 saturated heterocycles. The molecule has 17 heavy (non-hydrogen) atoms. The lowest BCUT2D eigenvalue weighted by molar-refractivity contribution is -0.385. The van der Waals surface area contributed by atoms with Gasteiger partial charge in [0, 0.05) is 19.6 Å². The summed E-state index contributed by atoms with van der Waals surface area (Å²) in [5.41, 5.74) is -0.119. The Bertz CT molecular complexity index is 377. The molecule has 1 aromatic rings. The lowest BCUT2D eigenvalue weighted by Gasteiger charge is -2.23. The van der Waals surface area contributed by atoms with Gasteiger partial charge in [-0.2, -0.15) is 0 Å². The predicted molar refractivity (Wildman–Crippen MR) is 59.8 cm³/mol. The van der Waals surface area contributed by atoms with Gasteiger partial charge in [-0.05, 0) is 0 Å². The van der Waals surface area contributed by atoms with Crippen LogP contribution >= 0.6 is 0 Å². The van der Waals surface area contributed by atoms with Gasteiger partial charge in [-0.25, -0.2) is 9.97 Å². The molecule has 1 aromatic heterocycles. The van der Waals surface area contributed by atoms with Gasteiger partial charge in [-0.1, -0.05) is 0 Å². The first kappa shape index (κ1) is 11.7. The highest BCUT2D eigenvalue weighted by molar-refractivity contribution is 5.30. The second-order valence-corrected chi connectivity index (χ2v) is 3.60. The minimum atomic E-state index is -0.530. The van der Waals surface area contributed by atoms with Crippen LogP contribution in [0.25, 0.3) is 0 Å². The largest absolute Gasteiger partial charge is 0.374 e. The molecule has 0 amide bonds. The first-order valence-electron chi connectivity index (χ1n) is 5.28. The maximum absolute atomic E-state index is 10.4. The van der Waals surface area contributed by atoms with Gasteiger partial charge < -0.3 is 15.4 Å². The molecule has 1 unspecified atom stereocenters. The Morgan fingerprint density at radius 1 is 1.59 bits per heavy atom. The van der Waals surface area contributed by atoms with Crippen molar-refractivity contribution in [3.8, 4) is 0 Å². The highest BCUT2D eigenvalue weighted by atomic mass is 16.6. The third kappa shape index (κ3) is 3.33. The van der Waals surface area contributed by atoms with E-state index in [2.05, 4.69) is 20.6 Å². The normalized spacial score (nSPS) is 19.9. The van der Waals surface area contributed by atoms with Crippen molar-refractivity contribution in [1.29, 1.82) is 0 Å². The fraction of sp³-hybridized carbons (Fsp3) is 0.556. The van der Waals surface area contributed by atoms with Gasteiger partial charge in [-0.3, -0.25) is 10.1 Å². The summed E-state index contributed by atoms with van der Waals surface area (Å²) in [6.45, 7) is 2.91. The Kier molecular flexibility index (Phi) is 3.78. The van der Waals surface area contributed by atoms with Crippen molar-refractivity contribution in [2.45, 2.75) is 6.10 Å². The van der Waals surface area contributed by atoms with Gasteiger partial charge in [0.05, 0.1) is 17.6 Å². The molecule has 0 radical (unpaired) electrons. The van der Waals surface area contributed by atoms with Crippen LogP contribution in [0, 0.1) is 10.1 Å². The van der Waals surface area contributed by atoms with Crippen molar-refractivity contribution in [2.75, 3.05) is 31.6 Å². The summed E-state index contributed by atoms with van der Waals surface area (Å²) in [7, 11) is 0. The fourth-order valence-electron chi connectivity index (χ4n) is 1.46. The molecule has 0 aliphatic carbocycles. The smallest absolute Gasteiger partial charge is 0.305 e. The minimum Gasteiger partial charge on any atom is -0.374 e. The van der Waals surface area contributed by atoms with Crippen LogP contribution in [0.1, 0.15) is 0 Å². The molecule has 2 heterocycles. The average molecular weight is 239 g/mol. The van der Waals surface area contributed by atoms with Crippen LogP contribution in [0.3, 0.4) is 0 Å². The Morgan fingerprint density at radius 2 is 2.35 bits per heavy atom. The molecule has 1 aliphatic heterocycles. The standard InChI is InChI=1S/C9H13N5O3/c15-14(16)7-3-11-9(12-4-7)13-6-8-5-10-1-2-17-8/h3-4,8,10H,1-2,5-6H2,(H,11,12,13). The van der Waals surface area contributed by atoms with E-state index in [0.29, 0.717) is 19.1 Å². The summed E-state index contributed by atoms with van der Waals surface area (Å²) in [4.78, 5) is 17.6. The molecule has 92 valence electrons. The minimum absolute atomic E-state index is 0.0718. The Hall–Kier alpha value is -1.80. The molecule has 8 heteroatoms. The van der Waals surface area contributed by atoms with Gasteiger partial charge in [0.2, 0.25) is 5.95 Å². The topological polar surface area (TPSA) is 102 Å². The zero-order chi connectivity index (χ0) is 12.1. The summed E-state index contributed by atoms with van der Waals surface area (Å²) < 4.78 is 5.47. The molecule has 0 saturated carbocycles. The van der Waals surface area contributed by atoms with Crippen LogP contribution < -0.4 is 10.6 Å². The van der Waals surface area contributed by atoms with E-state index in [4.69, 9.17) is 4.74 Å². The summed E-state index contributed by atoms with van der Waals surface area (Å²) in [6, 6.07) is 0. The summed E-state index contributed by atoms with van der Waals surface area (Å²) >= 11 is 0. The van der Waals surface area contributed by atoms with Crippen molar-refractivity contribution in [2.24, 2.45) is 0 Å².